The molecule has 0 saturated heterocycles. The number of nitrogens with zero attached hydrogens (tertiary/aromatic N) is 2. The van der Waals surface area contributed by atoms with Crippen LogP contribution in [0.4, 0.5) is 4.39 Å². The van der Waals surface area contributed by atoms with Gasteiger partial charge in [-0.05, 0) is 19.1 Å². The average Bonchev–Trinajstić information content (AvgIpc) is 2.65. The molecule has 4 nitrogen and oxygen atoms in total. The second kappa shape index (κ2) is 4.55. The van der Waals surface area contributed by atoms with E-state index in [0.29, 0.717) is 22.8 Å². The van der Waals surface area contributed by atoms with Crippen LogP contribution in [0.15, 0.2) is 24.3 Å². The van der Waals surface area contributed by atoms with Gasteiger partial charge in [0.25, 0.3) is 0 Å². The molecule has 0 amide bonds. The third-order valence-electron chi connectivity index (χ3n) is 2.57. The lowest BCUT2D eigenvalue weighted by molar-refractivity contribution is 0.271. The standard InChI is InChI=1S/C12H13FN2O2/c1-8-9(7-16)12(17-2)15(14-8)11-6-4-3-5-10(11)13/h3-6,16H,7H2,1-2H3. The quantitative estimate of drug-likeness (QED) is 0.884. The van der Waals surface area contributed by atoms with Gasteiger partial charge in [0, 0.05) is 0 Å². The van der Waals surface area contributed by atoms with E-state index in [2.05, 4.69) is 5.10 Å². The first kappa shape index (κ1) is 11.6. The predicted octanol–water partition coefficient (Wildman–Crippen LogP) is 1.82. The largest absolute Gasteiger partial charge is 0.481 e. The van der Waals surface area contributed by atoms with Crippen LogP contribution in [-0.2, 0) is 6.61 Å². The number of aryl methyl sites for hydroxylation is 1. The maximum absolute atomic E-state index is 13.7. The van der Waals surface area contributed by atoms with Crippen LogP contribution >= 0.6 is 0 Å². The summed E-state index contributed by atoms with van der Waals surface area (Å²) in [5, 5.41) is 13.4. The molecule has 0 fully saturated rings. The highest BCUT2D eigenvalue weighted by atomic mass is 19.1. The van der Waals surface area contributed by atoms with Crippen molar-refractivity contribution in [1.82, 2.24) is 9.78 Å². The zero-order valence-electron chi connectivity index (χ0n) is 9.64. The molecule has 17 heavy (non-hydrogen) atoms. The molecule has 2 rings (SSSR count). The van der Waals surface area contributed by atoms with Crippen LogP contribution < -0.4 is 4.74 Å². The number of benzene rings is 1. The van der Waals surface area contributed by atoms with Gasteiger partial charge in [-0.1, -0.05) is 12.1 Å². The third kappa shape index (κ3) is 1.89. The summed E-state index contributed by atoms with van der Waals surface area (Å²) in [6, 6.07) is 6.28. The van der Waals surface area contributed by atoms with Gasteiger partial charge in [-0.3, -0.25) is 0 Å². The Hall–Kier alpha value is -1.88. The zero-order valence-corrected chi connectivity index (χ0v) is 9.64. The van der Waals surface area contributed by atoms with E-state index in [1.54, 1.807) is 25.1 Å². The molecule has 0 aliphatic heterocycles. The molecule has 2 aromatic rings. The van der Waals surface area contributed by atoms with Crippen molar-refractivity contribution in [3.05, 3.63) is 41.3 Å². The molecular weight excluding hydrogens is 223 g/mol. The number of para-hydroxylation sites is 1. The smallest absolute Gasteiger partial charge is 0.222 e. The summed E-state index contributed by atoms with van der Waals surface area (Å²) >= 11 is 0. The van der Waals surface area contributed by atoms with Gasteiger partial charge in [-0.25, -0.2) is 4.39 Å². The van der Waals surface area contributed by atoms with E-state index in [4.69, 9.17) is 4.74 Å². The van der Waals surface area contributed by atoms with Crippen molar-refractivity contribution in [1.29, 1.82) is 0 Å². The Labute approximate surface area is 98.3 Å². The van der Waals surface area contributed by atoms with Gasteiger partial charge >= 0.3 is 0 Å². The third-order valence-corrected chi connectivity index (χ3v) is 2.57. The number of hydrogen-bond donors (Lipinski definition) is 1. The number of aromatic nitrogens is 2. The lowest BCUT2D eigenvalue weighted by atomic mass is 10.2. The first-order chi connectivity index (χ1) is 8.19. The Bertz CT molecular complexity index is 537. The van der Waals surface area contributed by atoms with E-state index in [-0.39, 0.29) is 6.61 Å². The molecule has 0 atom stereocenters. The summed E-state index contributed by atoms with van der Waals surface area (Å²) in [6.45, 7) is 1.55. The first-order valence-electron chi connectivity index (χ1n) is 5.17. The van der Waals surface area contributed by atoms with Gasteiger partial charge in [0.2, 0.25) is 5.88 Å². The van der Waals surface area contributed by atoms with E-state index >= 15 is 0 Å². The number of aliphatic hydroxyl groups excluding tert-OH is 1. The molecule has 1 aromatic carbocycles. The Morgan fingerprint density at radius 2 is 2.12 bits per heavy atom. The molecule has 1 aromatic heterocycles. The fourth-order valence-corrected chi connectivity index (χ4v) is 1.72. The molecule has 1 N–H and O–H groups in total. The van der Waals surface area contributed by atoms with E-state index in [9.17, 15) is 9.50 Å². The lowest BCUT2D eigenvalue weighted by Crippen LogP contribution is -2.03. The van der Waals surface area contributed by atoms with Crippen molar-refractivity contribution in [2.24, 2.45) is 0 Å². The molecule has 0 saturated carbocycles. The molecule has 0 radical (unpaired) electrons. The van der Waals surface area contributed by atoms with Gasteiger partial charge < -0.3 is 9.84 Å². The Kier molecular flexibility index (Phi) is 3.10. The molecule has 0 aliphatic carbocycles. The van der Waals surface area contributed by atoms with Crippen LogP contribution in [0.1, 0.15) is 11.3 Å². The average molecular weight is 236 g/mol. The highest BCUT2D eigenvalue weighted by molar-refractivity contribution is 5.41. The van der Waals surface area contributed by atoms with Crippen LogP contribution in [0.2, 0.25) is 0 Å². The molecule has 0 aliphatic rings. The summed E-state index contributed by atoms with van der Waals surface area (Å²) in [5.74, 6) is -0.0344. The van der Waals surface area contributed by atoms with Gasteiger partial charge in [-0.15, -0.1) is 0 Å². The molecule has 5 heteroatoms. The fourth-order valence-electron chi connectivity index (χ4n) is 1.72. The summed E-state index contributed by atoms with van der Waals surface area (Å²) in [6.07, 6.45) is 0. The van der Waals surface area contributed by atoms with E-state index in [1.807, 2.05) is 0 Å². The topological polar surface area (TPSA) is 47.3 Å². The van der Waals surface area contributed by atoms with Crippen molar-refractivity contribution in [2.75, 3.05) is 7.11 Å². The van der Waals surface area contributed by atoms with Crippen LogP contribution in [0.25, 0.3) is 5.69 Å². The SMILES string of the molecule is COc1c(CO)c(C)nn1-c1ccccc1F. The van der Waals surface area contributed by atoms with Crippen LogP contribution in [0.5, 0.6) is 5.88 Å². The highest BCUT2D eigenvalue weighted by Gasteiger charge is 2.17. The molecule has 0 unspecified atom stereocenters. The molecule has 0 bridgehead atoms. The van der Waals surface area contributed by atoms with Gasteiger partial charge in [0.15, 0.2) is 0 Å². The number of hydrogen-bond acceptors (Lipinski definition) is 3. The highest BCUT2D eigenvalue weighted by Crippen LogP contribution is 2.26. The van der Waals surface area contributed by atoms with Crippen molar-refractivity contribution in [2.45, 2.75) is 13.5 Å². The number of aliphatic hydroxyl groups is 1. The number of methoxy groups -OCH3 is 1. The molecule has 90 valence electrons. The van der Waals surface area contributed by atoms with Gasteiger partial charge in [0.05, 0.1) is 25.0 Å². The maximum Gasteiger partial charge on any atom is 0.222 e. The van der Waals surface area contributed by atoms with Gasteiger partial charge in [-0.2, -0.15) is 9.78 Å². The lowest BCUT2D eigenvalue weighted by Gasteiger charge is -2.07. The van der Waals surface area contributed by atoms with Crippen molar-refractivity contribution in [3.63, 3.8) is 0 Å². The summed E-state index contributed by atoms with van der Waals surface area (Å²) in [4.78, 5) is 0. The molecule has 1 heterocycles. The maximum atomic E-state index is 13.7. The summed E-state index contributed by atoms with van der Waals surface area (Å²) in [5.41, 5.74) is 1.48. The van der Waals surface area contributed by atoms with E-state index < -0.39 is 5.82 Å². The summed E-state index contributed by atoms with van der Waals surface area (Å²) < 4.78 is 20.2. The first-order valence-corrected chi connectivity index (χ1v) is 5.17. The van der Waals surface area contributed by atoms with Crippen LogP contribution in [0.3, 0.4) is 0 Å². The van der Waals surface area contributed by atoms with E-state index in [1.165, 1.54) is 17.9 Å². The number of ether oxygens (including phenoxy) is 1. The second-order valence-electron chi connectivity index (χ2n) is 3.59. The van der Waals surface area contributed by atoms with Crippen molar-refractivity contribution >= 4 is 0 Å². The van der Waals surface area contributed by atoms with Gasteiger partial charge in [0.1, 0.15) is 11.5 Å². The Balaban J connectivity index is 2.64. The van der Waals surface area contributed by atoms with Crippen molar-refractivity contribution in [3.8, 4) is 11.6 Å². The minimum absolute atomic E-state index is 0.191. The predicted molar refractivity (Wildman–Crippen MR) is 60.7 cm³/mol. The number of halogens is 1. The van der Waals surface area contributed by atoms with Crippen LogP contribution in [-0.4, -0.2) is 22.0 Å². The van der Waals surface area contributed by atoms with Crippen molar-refractivity contribution < 1.29 is 14.2 Å². The minimum Gasteiger partial charge on any atom is -0.481 e. The minimum atomic E-state index is -0.391. The number of rotatable bonds is 3. The Morgan fingerprint density at radius 3 is 2.71 bits per heavy atom. The van der Waals surface area contributed by atoms with Crippen LogP contribution in [0, 0.1) is 12.7 Å². The Morgan fingerprint density at radius 1 is 1.41 bits per heavy atom. The second-order valence-corrected chi connectivity index (χ2v) is 3.59. The normalized spacial score (nSPS) is 10.6. The monoisotopic (exact) mass is 236 g/mol. The zero-order chi connectivity index (χ0) is 12.4. The molecule has 0 spiro atoms. The van der Waals surface area contributed by atoms with E-state index in [0.717, 1.165) is 0 Å². The molecular formula is C12H13FN2O2. The fraction of sp³-hybridized carbons (Fsp3) is 0.250. The summed E-state index contributed by atoms with van der Waals surface area (Å²) in [7, 11) is 1.47.